The molecule has 0 N–H and O–H groups in total. The molecule has 0 saturated carbocycles. The largest absolute Gasteiger partial charge is 0.304 e. The van der Waals surface area contributed by atoms with Crippen LogP contribution in [0.2, 0.25) is 0 Å². The fourth-order valence-corrected chi connectivity index (χ4v) is 3.41. The fraction of sp³-hybridized carbons (Fsp3) is 0.333. The van der Waals surface area contributed by atoms with Crippen LogP contribution >= 0.6 is 11.9 Å². The zero-order chi connectivity index (χ0) is 15.5. The predicted molar refractivity (Wildman–Crippen MR) is 91.5 cm³/mol. The van der Waals surface area contributed by atoms with Gasteiger partial charge in [0.05, 0.1) is 0 Å². The maximum Gasteiger partial charge on any atom is 0.126 e. The quantitative estimate of drug-likeness (QED) is 0.789. The molecule has 0 aliphatic carbocycles. The molecule has 0 radical (unpaired) electrons. The molecule has 2 aromatic carbocycles. The van der Waals surface area contributed by atoms with Gasteiger partial charge in [-0.2, -0.15) is 0 Å². The molecule has 4 heteroatoms. The Bertz CT molecular complexity index is 634. The van der Waals surface area contributed by atoms with Crippen molar-refractivity contribution in [2.75, 3.05) is 33.2 Å². The van der Waals surface area contributed by atoms with Gasteiger partial charge in [-0.25, -0.2) is 8.70 Å². The van der Waals surface area contributed by atoms with Gasteiger partial charge < -0.3 is 4.90 Å². The van der Waals surface area contributed by atoms with E-state index in [0.29, 0.717) is 5.56 Å². The molecule has 0 spiro atoms. The molecule has 2 nitrogen and oxygen atoms in total. The first-order valence-electron chi connectivity index (χ1n) is 7.60. The lowest BCUT2D eigenvalue weighted by Gasteiger charge is -2.31. The second-order valence-corrected chi connectivity index (χ2v) is 6.98. The molecule has 0 bridgehead atoms. The Morgan fingerprint density at radius 3 is 2.18 bits per heavy atom. The molecule has 2 aromatic rings. The molecular weight excluding hydrogens is 295 g/mol. The van der Waals surface area contributed by atoms with E-state index < -0.39 is 0 Å². The van der Waals surface area contributed by atoms with E-state index in [9.17, 15) is 4.39 Å². The normalized spacial score (nSPS) is 16.9. The van der Waals surface area contributed by atoms with Crippen molar-refractivity contribution >= 4 is 11.9 Å². The van der Waals surface area contributed by atoms with Gasteiger partial charge in [-0.05, 0) is 60.8 Å². The van der Waals surface area contributed by atoms with E-state index in [2.05, 4.69) is 40.5 Å². The number of benzene rings is 2. The number of hydrogen-bond donors (Lipinski definition) is 0. The van der Waals surface area contributed by atoms with Crippen molar-refractivity contribution in [2.45, 2.75) is 11.8 Å². The second-order valence-electron chi connectivity index (χ2n) is 5.81. The Morgan fingerprint density at radius 2 is 1.55 bits per heavy atom. The van der Waals surface area contributed by atoms with Crippen LogP contribution in [0.4, 0.5) is 4.39 Å². The van der Waals surface area contributed by atoms with Crippen molar-refractivity contribution < 1.29 is 4.39 Å². The lowest BCUT2D eigenvalue weighted by atomic mass is 10.0. The van der Waals surface area contributed by atoms with Crippen molar-refractivity contribution in [3.8, 4) is 11.1 Å². The highest BCUT2D eigenvalue weighted by Crippen LogP contribution is 2.27. The number of likely N-dealkylation sites (N-methyl/N-ethyl adjacent to an activating group) is 1. The van der Waals surface area contributed by atoms with E-state index in [1.807, 2.05) is 24.1 Å². The van der Waals surface area contributed by atoms with Crippen molar-refractivity contribution in [2.24, 2.45) is 0 Å². The van der Waals surface area contributed by atoms with Crippen LogP contribution in [0.1, 0.15) is 5.56 Å². The lowest BCUT2D eigenvalue weighted by Crippen LogP contribution is -2.40. The standard InChI is InChI=1S/C18H21FN2S/c1-14-3-4-16(13-18(14)19)15-5-7-17(8-6-15)22-21-11-9-20(2)10-12-21/h3-8,13H,9-12H2,1-2H3. The molecule has 0 amide bonds. The highest BCUT2D eigenvalue weighted by Gasteiger charge is 2.14. The van der Waals surface area contributed by atoms with Crippen molar-refractivity contribution in [1.82, 2.24) is 9.21 Å². The third-order valence-corrected chi connectivity index (χ3v) is 5.16. The summed E-state index contributed by atoms with van der Waals surface area (Å²) in [7, 11) is 2.16. The predicted octanol–water partition coefficient (Wildman–Crippen LogP) is 4.06. The summed E-state index contributed by atoms with van der Waals surface area (Å²) in [5.41, 5.74) is 2.67. The summed E-state index contributed by atoms with van der Waals surface area (Å²) in [6, 6.07) is 13.8. The van der Waals surface area contributed by atoms with E-state index in [0.717, 1.165) is 37.3 Å². The average Bonchev–Trinajstić information content (AvgIpc) is 2.53. The first-order chi connectivity index (χ1) is 10.6. The molecular formula is C18H21FN2S. The first kappa shape index (κ1) is 15.5. The molecule has 0 atom stereocenters. The molecule has 0 unspecified atom stereocenters. The number of halogens is 1. The average molecular weight is 316 g/mol. The van der Waals surface area contributed by atoms with E-state index in [1.54, 1.807) is 13.0 Å². The third-order valence-electron chi connectivity index (χ3n) is 4.06. The van der Waals surface area contributed by atoms with E-state index >= 15 is 0 Å². The van der Waals surface area contributed by atoms with Gasteiger partial charge in [-0.3, -0.25) is 0 Å². The van der Waals surface area contributed by atoms with Gasteiger partial charge >= 0.3 is 0 Å². The van der Waals surface area contributed by atoms with Crippen LogP contribution in [-0.4, -0.2) is 42.4 Å². The minimum atomic E-state index is -0.145. The zero-order valence-corrected chi connectivity index (χ0v) is 13.9. The van der Waals surface area contributed by atoms with Crippen LogP contribution in [-0.2, 0) is 0 Å². The van der Waals surface area contributed by atoms with Gasteiger partial charge in [-0.15, -0.1) is 0 Å². The Morgan fingerprint density at radius 1 is 0.909 bits per heavy atom. The number of aryl methyl sites for hydroxylation is 1. The Balaban J connectivity index is 1.68. The molecule has 1 fully saturated rings. The Hall–Kier alpha value is -1.36. The summed E-state index contributed by atoms with van der Waals surface area (Å²) in [6.07, 6.45) is 0. The summed E-state index contributed by atoms with van der Waals surface area (Å²) in [5.74, 6) is -0.145. The topological polar surface area (TPSA) is 6.48 Å². The van der Waals surface area contributed by atoms with Crippen LogP contribution in [0.3, 0.4) is 0 Å². The monoisotopic (exact) mass is 316 g/mol. The molecule has 3 rings (SSSR count). The van der Waals surface area contributed by atoms with Crippen molar-refractivity contribution in [3.05, 3.63) is 53.8 Å². The van der Waals surface area contributed by atoms with Gasteiger partial charge in [0.25, 0.3) is 0 Å². The van der Waals surface area contributed by atoms with E-state index in [4.69, 9.17) is 0 Å². The number of nitrogens with zero attached hydrogens (tertiary/aromatic N) is 2. The van der Waals surface area contributed by atoms with Gasteiger partial charge in [0.1, 0.15) is 5.82 Å². The number of piperazine rings is 1. The maximum atomic E-state index is 13.7. The van der Waals surface area contributed by atoms with E-state index in [-0.39, 0.29) is 5.82 Å². The summed E-state index contributed by atoms with van der Waals surface area (Å²) in [5, 5.41) is 0. The van der Waals surface area contributed by atoms with Crippen LogP contribution in [0, 0.1) is 12.7 Å². The van der Waals surface area contributed by atoms with Crippen LogP contribution in [0.15, 0.2) is 47.4 Å². The fourth-order valence-electron chi connectivity index (χ4n) is 2.51. The molecule has 1 aliphatic heterocycles. The SMILES string of the molecule is Cc1ccc(-c2ccc(SN3CCN(C)CC3)cc2)cc1F. The van der Waals surface area contributed by atoms with Crippen molar-refractivity contribution in [3.63, 3.8) is 0 Å². The minimum absolute atomic E-state index is 0.145. The number of rotatable bonds is 3. The summed E-state index contributed by atoms with van der Waals surface area (Å²) < 4.78 is 16.1. The first-order valence-corrected chi connectivity index (χ1v) is 8.37. The summed E-state index contributed by atoms with van der Waals surface area (Å²) in [4.78, 5) is 3.59. The third kappa shape index (κ3) is 3.69. The van der Waals surface area contributed by atoms with Crippen LogP contribution in [0.5, 0.6) is 0 Å². The van der Waals surface area contributed by atoms with Gasteiger partial charge in [0.15, 0.2) is 0 Å². The summed E-state index contributed by atoms with van der Waals surface area (Å²) >= 11 is 1.81. The number of hydrogen-bond acceptors (Lipinski definition) is 3. The van der Waals surface area contributed by atoms with Crippen LogP contribution in [0.25, 0.3) is 11.1 Å². The molecule has 0 aromatic heterocycles. The lowest BCUT2D eigenvalue weighted by molar-refractivity contribution is 0.233. The van der Waals surface area contributed by atoms with Gasteiger partial charge in [0, 0.05) is 31.1 Å². The smallest absolute Gasteiger partial charge is 0.126 e. The highest BCUT2D eigenvalue weighted by atomic mass is 32.2. The molecule has 1 saturated heterocycles. The van der Waals surface area contributed by atoms with Gasteiger partial charge in [-0.1, -0.05) is 24.3 Å². The molecule has 22 heavy (non-hydrogen) atoms. The highest BCUT2D eigenvalue weighted by molar-refractivity contribution is 7.97. The minimum Gasteiger partial charge on any atom is -0.304 e. The van der Waals surface area contributed by atoms with E-state index in [1.165, 1.54) is 4.90 Å². The molecule has 1 aliphatic rings. The summed E-state index contributed by atoms with van der Waals surface area (Å²) in [6.45, 7) is 6.20. The maximum absolute atomic E-state index is 13.7. The van der Waals surface area contributed by atoms with Crippen LogP contribution < -0.4 is 0 Å². The second kappa shape index (κ2) is 6.82. The Kier molecular flexibility index (Phi) is 4.81. The molecule has 116 valence electrons. The molecule has 1 heterocycles. The Labute approximate surface area is 136 Å². The van der Waals surface area contributed by atoms with Gasteiger partial charge in [0.2, 0.25) is 0 Å². The van der Waals surface area contributed by atoms with Crippen molar-refractivity contribution in [1.29, 1.82) is 0 Å². The zero-order valence-electron chi connectivity index (χ0n) is 13.1.